The van der Waals surface area contributed by atoms with Gasteiger partial charge < -0.3 is 5.32 Å². The molecule has 1 N–H and O–H groups in total. The maximum atomic E-state index is 12.6. The molecule has 0 saturated heterocycles. The van der Waals surface area contributed by atoms with E-state index >= 15 is 0 Å². The number of nitrogens with one attached hydrogen (secondary N) is 1. The first-order chi connectivity index (χ1) is 13.0. The summed E-state index contributed by atoms with van der Waals surface area (Å²) in [6.07, 6.45) is 1.84. The lowest BCUT2D eigenvalue weighted by Gasteiger charge is -2.09. The van der Waals surface area contributed by atoms with Crippen molar-refractivity contribution < 1.29 is 4.79 Å². The smallest absolute Gasteiger partial charge is 0.271 e. The van der Waals surface area contributed by atoms with E-state index in [1.165, 1.54) is 0 Å². The molecule has 27 heavy (non-hydrogen) atoms. The average molecular weight is 382 g/mol. The molecule has 0 saturated carbocycles. The van der Waals surface area contributed by atoms with Crippen molar-refractivity contribution in [3.8, 4) is 5.82 Å². The first-order valence-electron chi connectivity index (χ1n) is 8.30. The zero-order chi connectivity index (χ0) is 19.0. The SMILES string of the molecule is Cc1cc(C)n(-c2ccc(Cl)c(C(=O)NCc3nnc4ccccn34)n2)n1. The van der Waals surface area contributed by atoms with E-state index in [1.54, 1.807) is 16.8 Å². The number of fused-ring (bicyclic) bond motifs is 1. The largest absolute Gasteiger partial charge is 0.343 e. The van der Waals surface area contributed by atoms with Crippen molar-refractivity contribution in [2.75, 3.05) is 0 Å². The van der Waals surface area contributed by atoms with Crippen LogP contribution >= 0.6 is 11.6 Å². The van der Waals surface area contributed by atoms with Crippen LogP contribution in [0.2, 0.25) is 5.02 Å². The number of pyridine rings is 2. The summed E-state index contributed by atoms with van der Waals surface area (Å²) in [4.78, 5) is 17.0. The zero-order valence-corrected chi connectivity index (χ0v) is 15.5. The van der Waals surface area contributed by atoms with Crippen molar-refractivity contribution in [1.29, 1.82) is 0 Å². The Kier molecular flexibility index (Phi) is 4.33. The summed E-state index contributed by atoms with van der Waals surface area (Å²) in [5, 5.41) is 15.6. The van der Waals surface area contributed by atoms with Gasteiger partial charge in [-0.1, -0.05) is 17.7 Å². The molecule has 0 radical (unpaired) electrons. The Labute approximate surface area is 159 Å². The van der Waals surface area contributed by atoms with Gasteiger partial charge in [0.25, 0.3) is 5.91 Å². The molecule has 0 aliphatic rings. The second kappa shape index (κ2) is 6.81. The lowest BCUT2D eigenvalue weighted by atomic mass is 10.3. The maximum absolute atomic E-state index is 12.6. The molecule has 8 nitrogen and oxygen atoms in total. The van der Waals surface area contributed by atoms with Gasteiger partial charge in [0.05, 0.1) is 17.3 Å². The number of carbonyl (C=O) groups is 1. The summed E-state index contributed by atoms with van der Waals surface area (Å²) in [6.45, 7) is 4.02. The quantitative estimate of drug-likeness (QED) is 0.586. The van der Waals surface area contributed by atoms with Gasteiger partial charge in [0.15, 0.2) is 17.3 Å². The number of amides is 1. The van der Waals surface area contributed by atoms with Gasteiger partial charge in [-0.3, -0.25) is 9.20 Å². The fourth-order valence-electron chi connectivity index (χ4n) is 2.82. The summed E-state index contributed by atoms with van der Waals surface area (Å²) in [5.74, 6) is 0.754. The van der Waals surface area contributed by atoms with Crippen LogP contribution in [0.1, 0.15) is 27.7 Å². The third-order valence-corrected chi connectivity index (χ3v) is 4.37. The van der Waals surface area contributed by atoms with Gasteiger partial charge in [-0.25, -0.2) is 9.67 Å². The highest BCUT2D eigenvalue weighted by Crippen LogP contribution is 2.18. The minimum Gasteiger partial charge on any atom is -0.343 e. The van der Waals surface area contributed by atoms with Crippen LogP contribution in [0, 0.1) is 13.8 Å². The molecule has 0 atom stereocenters. The number of halogens is 1. The first kappa shape index (κ1) is 17.2. The number of rotatable bonds is 4. The highest BCUT2D eigenvalue weighted by atomic mass is 35.5. The van der Waals surface area contributed by atoms with E-state index in [9.17, 15) is 4.79 Å². The molecule has 4 rings (SSSR count). The molecule has 0 aliphatic carbocycles. The number of aromatic nitrogens is 6. The van der Waals surface area contributed by atoms with Crippen LogP contribution in [0.3, 0.4) is 0 Å². The van der Waals surface area contributed by atoms with Gasteiger partial charge in [0.2, 0.25) is 0 Å². The van der Waals surface area contributed by atoms with Crippen molar-refractivity contribution in [1.82, 2.24) is 34.7 Å². The number of hydrogen-bond donors (Lipinski definition) is 1. The van der Waals surface area contributed by atoms with Crippen LogP contribution in [0.15, 0.2) is 42.6 Å². The Bertz CT molecular complexity index is 1150. The van der Waals surface area contributed by atoms with Crippen LogP contribution in [0.25, 0.3) is 11.5 Å². The standard InChI is InChI=1S/C18H16ClN7O/c1-11-9-12(2)26(24-11)14-7-6-13(19)17(21-14)18(27)20-10-16-23-22-15-5-3-4-8-25(15)16/h3-9H,10H2,1-2H3,(H,20,27). The van der Waals surface area contributed by atoms with Crippen molar-refractivity contribution in [3.63, 3.8) is 0 Å². The van der Waals surface area contributed by atoms with E-state index in [-0.39, 0.29) is 17.3 Å². The van der Waals surface area contributed by atoms with Crippen molar-refractivity contribution >= 4 is 23.2 Å². The lowest BCUT2D eigenvalue weighted by Crippen LogP contribution is -2.25. The fraction of sp³-hybridized carbons (Fsp3) is 0.167. The second-order valence-electron chi connectivity index (χ2n) is 6.07. The molecule has 4 heterocycles. The van der Waals surface area contributed by atoms with E-state index in [4.69, 9.17) is 11.6 Å². The fourth-order valence-corrected chi connectivity index (χ4v) is 3.02. The molecule has 0 spiro atoms. The topological polar surface area (TPSA) is 90.0 Å². The maximum Gasteiger partial charge on any atom is 0.271 e. The van der Waals surface area contributed by atoms with E-state index in [2.05, 4.69) is 25.6 Å². The molecule has 4 aromatic rings. The predicted octanol–water partition coefficient (Wildman–Crippen LogP) is 2.51. The molecule has 136 valence electrons. The Morgan fingerprint density at radius 3 is 2.81 bits per heavy atom. The van der Waals surface area contributed by atoms with Gasteiger partial charge in [-0.05, 0) is 44.2 Å². The van der Waals surface area contributed by atoms with E-state index in [0.29, 0.717) is 17.3 Å². The number of carbonyl (C=O) groups excluding carboxylic acids is 1. The van der Waals surface area contributed by atoms with Gasteiger partial charge in [0, 0.05) is 11.9 Å². The van der Waals surface area contributed by atoms with Gasteiger partial charge in [-0.15, -0.1) is 10.2 Å². The monoisotopic (exact) mass is 381 g/mol. The Balaban J connectivity index is 1.58. The Hall–Kier alpha value is -3.26. The van der Waals surface area contributed by atoms with Crippen molar-refractivity contribution in [2.24, 2.45) is 0 Å². The molecular weight excluding hydrogens is 366 g/mol. The van der Waals surface area contributed by atoms with E-state index < -0.39 is 5.91 Å². The summed E-state index contributed by atoms with van der Waals surface area (Å²) in [6, 6.07) is 10.9. The van der Waals surface area contributed by atoms with Crippen molar-refractivity contribution in [2.45, 2.75) is 20.4 Å². The molecular formula is C18H16ClN7O. The summed E-state index contributed by atoms with van der Waals surface area (Å²) in [7, 11) is 0. The van der Waals surface area contributed by atoms with E-state index in [0.717, 1.165) is 11.4 Å². The van der Waals surface area contributed by atoms with Crippen LogP contribution in [-0.4, -0.2) is 35.3 Å². The summed E-state index contributed by atoms with van der Waals surface area (Å²) in [5.41, 5.74) is 2.64. The zero-order valence-electron chi connectivity index (χ0n) is 14.7. The molecule has 0 aromatic carbocycles. The van der Waals surface area contributed by atoms with Gasteiger partial charge in [-0.2, -0.15) is 5.10 Å². The third kappa shape index (κ3) is 3.26. The van der Waals surface area contributed by atoms with Crippen LogP contribution in [-0.2, 0) is 6.54 Å². The van der Waals surface area contributed by atoms with Crippen LogP contribution in [0.4, 0.5) is 0 Å². The second-order valence-corrected chi connectivity index (χ2v) is 6.47. The molecule has 4 aromatic heterocycles. The minimum absolute atomic E-state index is 0.135. The first-order valence-corrected chi connectivity index (χ1v) is 8.68. The average Bonchev–Trinajstić information content (AvgIpc) is 3.22. The molecule has 9 heteroatoms. The summed E-state index contributed by atoms with van der Waals surface area (Å²) < 4.78 is 3.48. The van der Waals surface area contributed by atoms with Crippen LogP contribution in [0.5, 0.6) is 0 Å². The molecule has 0 bridgehead atoms. The van der Waals surface area contributed by atoms with Crippen molar-refractivity contribution in [3.05, 3.63) is 70.5 Å². The lowest BCUT2D eigenvalue weighted by molar-refractivity contribution is 0.0945. The molecule has 1 amide bonds. The normalized spacial score (nSPS) is 11.1. The highest BCUT2D eigenvalue weighted by Gasteiger charge is 2.16. The minimum atomic E-state index is -0.393. The third-order valence-electron chi connectivity index (χ3n) is 4.06. The molecule has 0 fully saturated rings. The Morgan fingerprint density at radius 2 is 2.04 bits per heavy atom. The predicted molar refractivity (Wildman–Crippen MR) is 100 cm³/mol. The number of nitrogens with zero attached hydrogens (tertiary/aromatic N) is 6. The highest BCUT2D eigenvalue weighted by molar-refractivity contribution is 6.33. The number of aryl methyl sites for hydroxylation is 2. The Morgan fingerprint density at radius 1 is 1.19 bits per heavy atom. The van der Waals surface area contributed by atoms with Gasteiger partial charge in [0.1, 0.15) is 5.69 Å². The summed E-state index contributed by atoms with van der Waals surface area (Å²) >= 11 is 6.19. The van der Waals surface area contributed by atoms with Crippen LogP contribution < -0.4 is 5.32 Å². The molecule has 0 aliphatic heterocycles. The van der Waals surface area contributed by atoms with Gasteiger partial charge >= 0.3 is 0 Å². The van der Waals surface area contributed by atoms with E-state index in [1.807, 2.05) is 48.7 Å². The number of hydrogen-bond acceptors (Lipinski definition) is 5. The molecule has 0 unspecified atom stereocenters.